The molecular formula is C40H42S12. The van der Waals surface area contributed by atoms with Crippen LogP contribution in [0, 0.1) is 23.7 Å². The first-order chi connectivity index (χ1) is 25.6. The summed E-state index contributed by atoms with van der Waals surface area (Å²) in [7, 11) is 0. The molecule has 0 unspecified atom stereocenters. The Morgan fingerprint density at radius 2 is 0.808 bits per heavy atom. The van der Waals surface area contributed by atoms with Crippen LogP contribution in [0.2, 0.25) is 0 Å². The molecule has 0 bridgehead atoms. The average Bonchev–Trinajstić information content (AvgIpc) is 3.95. The Hall–Kier alpha value is 0.720. The normalized spacial score (nSPS) is 16.5. The Morgan fingerprint density at radius 1 is 0.423 bits per heavy atom. The van der Waals surface area contributed by atoms with E-state index in [-0.39, 0.29) is 0 Å². The van der Waals surface area contributed by atoms with Crippen molar-refractivity contribution in [2.75, 3.05) is 23.0 Å². The third-order valence-corrected chi connectivity index (χ3v) is 24.7. The first-order valence-corrected chi connectivity index (χ1v) is 28.3. The second-order valence-electron chi connectivity index (χ2n) is 11.6. The Labute approximate surface area is 363 Å². The molecule has 4 aliphatic rings. The molecule has 2 aromatic carbocycles. The van der Waals surface area contributed by atoms with Gasteiger partial charge in [0.15, 0.2) is 0 Å². The van der Waals surface area contributed by atoms with Crippen LogP contribution in [0.5, 0.6) is 0 Å². The zero-order valence-electron chi connectivity index (χ0n) is 29.8. The van der Waals surface area contributed by atoms with Gasteiger partial charge in [0.2, 0.25) is 0 Å². The molecule has 6 rings (SSSR count). The van der Waals surface area contributed by atoms with Crippen molar-refractivity contribution >= 4 is 141 Å². The van der Waals surface area contributed by atoms with E-state index in [0.29, 0.717) is 0 Å². The molecule has 4 aliphatic heterocycles. The maximum Gasteiger partial charge on any atom is 0.0717 e. The van der Waals surface area contributed by atoms with Gasteiger partial charge in [0.05, 0.1) is 33.9 Å². The minimum atomic E-state index is 1.02. The molecule has 0 fully saturated rings. The van der Waals surface area contributed by atoms with E-state index in [0.717, 1.165) is 22.6 Å². The molecule has 0 N–H and O–H groups in total. The van der Waals surface area contributed by atoms with Gasteiger partial charge in [-0.1, -0.05) is 172 Å². The minimum absolute atomic E-state index is 1.02. The fraction of sp³-hybridized carbons (Fsp3) is 0.400. The number of hydrogen-bond acceptors (Lipinski definition) is 12. The molecule has 274 valence electrons. The molecule has 0 saturated heterocycles. The van der Waals surface area contributed by atoms with Gasteiger partial charge in [0.25, 0.3) is 0 Å². The molecular weight excluding hydrogens is 865 g/mol. The zero-order chi connectivity index (χ0) is 36.1. The van der Waals surface area contributed by atoms with Crippen LogP contribution in [0.3, 0.4) is 0 Å². The standard InChI is InChI=1S/C40H42S12/c1-5-9-11-15-23-43-35-36(44-24-16-12-10-6-2)52-40(51-35)38-46-30-22-20-28(26-32(30)48-38)18-14-13-17-27-19-21-29-31(25-27)47-37(45-29)39-49-33(41-7-3)34(50-39)42-8-4/h19-22,25-26H,5-12,15-16,23-24H2,1-4H3. The fourth-order valence-corrected chi connectivity index (χ4v) is 22.3. The predicted molar refractivity (Wildman–Crippen MR) is 258 cm³/mol. The van der Waals surface area contributed by atoms with Crippen molar-refractivity contribution in [3.63, 3.8) is 0 Å². The number of thioether (sulfide) groups is 12. The summed E-state index contributed by atoms with van der Waals surface area (Å²) >= 11 is 23.7. The van der Waals surface area contributed by atoms with Gasteiger partial charge in [-0.2, -0.15) is 0 Å². The van der Waals surface area contributed by atoms with Crippen LogP contribution in [0.25, 0.3) is 0 Å². The van der Waals surface area contributed by atoms with Gasteiger partial charge in [0, 0.05) is 30.7 Å². The number of rotatable bonds is 16. The van der Waals surface area contributed by atoms with Crippen LogP contribution in [0.1, 0.15) is 90.2 Å². The first-order valence-electron chi connectivity index (χ1n) is 17.8. The van der Waals surface area contributed by atoms with E-state index in [1.807, 2.05) is 118 Å². The molecule has 0 saturated carbocycles. The van der Waals surface area contributed by atoms with Crippen molar-refractivity contribution in [3.05, 3.63) is 81.4 Å². The van der Waals surface area contributed by atoms with E-state index >= 15 is 0 Å². The van der Waals surface area contributed by atoms with E-state index < -0.39 is 0 Å². The summed E-state index contributed by atoms with van der Waals surface area (Å²) in [6, 6.07) is 13.2. The highest BCUT2D eigenvalue weighted by Crippen LogP contribution is 2.65. The van der Waals surface area contributed by atoms with Crippen molar-refractivity contribution < 1.29 is 0 Å². The third kappa shape index (κ3) is 12.1. The van der Waals surface area contributed by atoms with E-state index in [2.05, 4.69) is 111 Å². The van der Waals surface area contributed by atoms with Crippen molar-refractivity contribution in [2.45, 2.75) is 98.6 Å². The summed E-state index contributed by atoms with van der Waals surface area (Å²) in [6.07, 6.45) is 10.6. The molecule has 0 amide bonds. The molecule has 4 heterocycles. The van der Waals surface area contributed by atoms with Crippen molar-refractivity contribution in [2.24, 2.45) is 0 Å². The number of fused-ring (bicyclic) bond motifs is 2. The summed E-state index contributed by atoms with van der Waals surface area (Å²) in [5, 5.41) is 0. The number of benzene rings is 2. The monoisotopic (exact) mass is 906 g/mol. The number of unbranched alkanes of at least 4 members (excludes halogenated alkanes) is 6. The average molecular weight is 908 g/mol. The van der Waals surface area contributed by atoms with E-state index in [1.165, 1.54) is 116 Å². The highest BCUT2D eigenvalue weighted by Gasteiger charge is 2.30. The highest BCUT2D eigenvalue weighted by atomic mass is 32.3. The highest BCUT2D eigenvalue weighted by molar-refractivity contribution is 8.43. The minimum Gasteiger partial charge on any atom is -0.118 e. The number of hydrogen-bond donors (Lipinski definition) is 0. The van der Waals surface area contributed by atoms with E-state index in [4.69, 9.17) is 0 Å². The van der Waals surface area contributed by atoms with Gasteiger partial charge in [0.1, 0.15) is 0 Å². The van der Waals surface area contributed by atoms with Crippen LogP contribution >= 0.6 is 141 Å². The van der Waals surface area contributed by atoms with Gasteiger partial charge in [-0.25, -0.2) is 0 Å². The Kier molecular flexibility index (Phi) is 18.4. The van der Waals surface area contributed by atoms with Crippen LogP contribution < -0.4 is 0 Å². The zero-order valence-corrected chi connectivity index (χ0v) is 39.6. The van der Waals surface area contributed by atoms with E-state index in [1.54, 1.807) is 0 Å². The maximum atomic E-state index is 3.33. The molecule has 0 atom stereocenters. The topological polar surface area (TPSA) is 0 Å². The molecule has 0 spiro atoms. The maximum absolute atomic E-state index is 3.33. The van der Waals surface area contributed by atoms with E-state index in [9.17, 15) is 0 Å². The molecule has 0 nitrogen and oxygen atoms in total. The molecule has 52 heavy (non-hydrogen) atoms. The molecule has 0 aromatic heterocycles. The second kappa shape index (κ2) is 22.6. The molecule has 2 aromatic rings. The smallest absolute Gasteiger partial charge is 0.0717 e. The third-order valence-electron chi connectivity index (χ3n) is 7.60. The Balaban J connectivity index is 1.06. The Morgan fingerprint density at radius 3 is 1.21 bits per heavy atom. The van der Waals surface area contributed by atoms with Crippen molar-refractivity contribution in [1.82, 2.24) is 0 Å². The van der Waals surface area contributed by atoms with Gasteiger partial charge >= 0.3 is 0 Å². The summed E-state index contributed by atoms with van der Waals surface area (Å²) in [4.78, 5) is 5.29. The lowest BCUT2D eigenvalue weighted by atomic mass is 10.2. The van der Waals surface area contributed by atoms with Gasteiger partial charge in [-0.15, -0.1) is 47.0 Å². The van der Waals surface area contributed by atoms with Gasteiger partial charge < -0.3 is 0 Å². The summed E-state index contributed by atoms with van der Waals surface area (Å²) < 4.78 is 11.7. The summed E-state index contributed by atoms with van der Waals surface area (Å²) in [5.74, 6) is 17.6. The molecule has 0 radical (unpaired) electrons. The Bertz CT molecular complexity index is 1820. The van der Waals surface area contributed by atoms with Crippen molar-refractivity contribution in [3.8, 4) is 23.7 Å². The largest absolute Gasteiger partial charge is 0.118 e. The van der Waals surface area contributed by atoms with Crippen LogP contribution in [-0.4, -0.2) is 23.0 Å². The first kappa shape index (κ1) is 42.3. The van der Waals surface area contributed by atoms with Crippen LogP contribution in [0.15, 0.2) is 89.9 Å². The molecule has 0 aliphatic carbocycles. The van der Waals surface area contributed by atoms with Gasteiger partial charge in [-0.3, -0.25) is 0 Å². The lowest BCUT2D eigenvalue weighted by Gasteiger charge is -2.05. The summed E-state index contributed by atoms with van der Waals surface area (Å²) in [6.45, 7) is 9.07. The lowest BCUT2D eigenvalue weighted by molar-refractivity contribution is 0.707. The summed E-state index contributed by atoms with van der Waals surface area (Å²) in [5.41, 5.74) is 2.05. The van der Waals surface area contributed by atoms with Crippen LogP contribution in [0.4, 0.5) is 0 Å². The SMILES string of the molecule is CCCCCCSC1=C(SCCCCCC)SC(=C2Sc3ccc(C#CC#Cc4ccc5c(c4)SC(=C4SC(SCC)=C(SCC)S4)S5)cc3S2)S1. The van der Waals surface area contributed by atoms with Gasteiger partial charge in [-0.05, 0) is 84.1 Å². The quantitative estimate of drug-likeness (QED) is 0.116. The van der Waals surface area contributed by atoms with Crippen molar-refractivity contribution in [1.29, 1.82) is 0 Å². The fourth-order valence-electron chi connectivity index (χ4n) is 5.03. The second-order valence-corrected chi connectivity index (χ2v) is 26.7. The predicted octanol–water partition coefficient (Wildman–Crippen LogP) is 17.1. The molecule has 12 heteroatoms. The van der Waals surface area contributed by atoms with Crippen LogP contribution in [-0.2, 0) is 0 Å². The lowest BCUT2D eigenvalue weighted by Crippen LogP contribution is -1.83.